The number of hydrogen-bond donors (Lipinski definition) is 1. The number of unbranched alkanes of at least 4 members (excludes halogenated alkanes) is 2. The Morgan fingerprint density at radius 2 is 1.76 bits per heavy atom. The molecule has 0 fully saturated rings. The maximum atomic E-state index is 12.9. The molecule has 0 aliphatic carbocycles. The van der Waals surface area contributed by atoms with E-state index in [9.17, 15) is 8.42 Å². The molecule has 1 N–H and O–H groups in total. The maximum absolute atomic E-state index is 12.9. The van der Waals surface area contributed by atoms with E-state index in [1.807, 2.05) is 6.92 Å². The van der Waals surface area contributed by atoms with Crippen LogP contribution < -0.4 is 5.32 Å². The maximum Gasteiger partial charge on any atom is 0.262 e. The third kappa shape index (κ3) is 4.97. The van der Waals surface area contributed by atoms with Gasteiger partial charge in [-0.05, 0) is 31.9 Å². The number of sulfonamides is 1. The van der Waals surface area contributed by atoms with Crippen LogP contribution >= 0.6 is 0 Å². The highest BCUT2D eigenvalue weighted by atomic mass is 32.2. The van der Waals surface area contributed by atoms with E-state index < -0.39 is 10.0 Å². The van der Waals surface area contributed by atoms with Gasteiger partial charge in [0.15, 0.2) is 5.03 Å². The third-order valence-electron chi connectivity index (χ3n) is 3.24. The Labute approximate surface area is 128 Å². The van der Waals surface area contributed by atoms with Crippen molar-refractivity contribution in [2.75, 3.05) is 25.0 Å². The molecular formula is C15H27N3O2S. The average Bonchev–Trinajstić information content (AvgIpc) is 2.48. The molecule has 0 saturated carbocycles. The van der Waals surface area contributed by atoms with Gasteiger partial charge in [-0.15, -0.1) is 0 Å². The van der Waals surface area contributed by atoms with Crippen LogP contribution in [0, 0.1) is 0 Å². The van der Waals surface area contributed by atoms with Crippen molar-refractivity contribution in [3.05, 3.63) is 18.3 Å². The second-order valence-corrected chi connectivity index (χ2v) is 6.85. The highest BCUT2D eigenvalue weighted by Gasteiger charge is 2.27. The second-order valence-electron chi connectivity index (χ2n) is 5.00. The van der Waals surface area contributed by atoms with Crippen LogP contribution in [0.15, 0.2) is 23.4 Å². The molecule has 1 aromatic heterocycles. The Morgan fingerprint density at radius 3 is 2.29 bits per heavy atom. The quantitative estimate of drug-likeness (QED) is 0.721. The molecule has 0 atom stereocenters. The highest BCUT2D eigenvalue weighted by molar-refractivity contribution is 7.89. The molecule has 5 nitrogen and oxygen atoms in total. The Balaban J connectivity index is 3.09. The zero-order chi connectivity index (χ0) is 15.7. The number of nitrogens with one attached hydrogen (secondary N) is 1. The van der Waals surface area contributed by atoms with Crippen molar-refractivity contribution < 1.29 is 8.42 Å². The summed E-state index contributed by atoms with van der Waals surface area (Å²) in [5.74, 6) is 0. The largest absolute Gasteiger partial charge is 0.383 e. The van der Waals surface area contributed by atoms with E-state index in [1.54, 1.807) is 16.4 Å². The Morgan fingerprint density at radius 1 is 1.14 bits per heavy atom. The van der Waals surface area contributed by atoms with Gasteiger partial charge in [-0.3, -0.25) is 0 Å². The molecule has 0 saturated heterocycles. The van der Waals surface area contributed by atoms with Crippen LogP contribution in [-0.2, 0) is 10.0 Å². The summed E-state index contributed by atoms with van der Waals surface area (Å²) in [7, 11) is -3.54. The Kier molecular flexibility index (Phi) is 7.67. The molecule has 0 unspecified atom stereocenters. The highest BCUT2D eigenvalue weighted by Crippen LogP contribution is 2.22. The van der Waals surface area contributed by atoms with Crippen molar-refractivity contribution in [3.8, 4) is 0 Å². The van der Waals surface area contributed by atoms with E-state index in [4.69, 9.17) is 0 Å². The van der Waals surface area contributed by atoms with Gasteiger partial charge >= 0.3 is 0 Å². The van der Waals surface area contributed by atoms with Crippen LogP contribution in [0.5, 0.6) is 0 Å². The molecule has 0 amide bonds. The number of rotatable bonds is 10. The van der Waals surface area contributed by atoms with Gasteiger partial charge in [0.1, 0.15) is 0 Å². The number of hydrogen-bond acceptors (Lipinski definition) is 4. The minimum atomic E-state index is -3.54. The van der Waals surface area contributed by atoms with Crippen molar-refractivity contribution in [2.45, 2.75) is 51.5 Å². The molecule has 120 valence electrons. The van der Waals surface area contributed by atoms with Crippen LogP contribution in [0.1, 0.15) is 46.5 Å². The lowest BCUT2D eigenvalue weighted by Crippen LogP contribution is -2.34. The summed E-state index contributed by atoms with van der Waals surface area (Å²) in [4.78, 5) is 4.11. The first-order chi connectivity index (χ1) is 10.1. The summed E-state index contributed by atoms with van der Waals surface area (Å²) in [5.41, 5.74) is 0.581. The molecule has 1 aromatic rings. The van der Waals surface area contributed by atoms with Crippen LogP contribution in [0.4, 0.5) is 5.69 Å². The van der Waals surface area contributed by atoms with Crippen LogP contribution in [0.25, 0.3) is 0 Å². The van der Waals surface area contributed by atoms with Crippen LogP contribution in [0.2, 0.25) is 0 Å². The smallest absolute Gasteiger partial charge is 0.262 e. The van der Waals surface area contributed by atoms with Crippen LogP contribution in [-0.4, -0.2) is 37.3 Å². The molecule has 0 bridgehead atoms. The van der Waals surface area contributed by atoms with Gasteiger partial charge in [-0.2, -0.15) is 4.31 Å². The number of aromatic nitrogens is 1. The normalized spacial score (nSPS) is 11.8. The van der Waals surface area contributed by atoms with Crippen molar-refractivity contribution in [2.24, 2.45) is 0 Å². The number of anilines is 1. The first-order valence-corrected chi connectivity index (χ1v) is 9.20. The second kappa shape index (κ2) is 9.00. The summed E-state index contributed by atoms with van der Waals surface area (Å²) in [5, 5.41) is 3.22. The molecule has 0 aromatic carbocycles. The number of nitrogens with zero attached hydrogens (tertiary/aromatic N) is 2. The van der Waals surface area contributed by atoms with Crippen molar-refractivity contribution >= 4 is 15.7 Å². The topological polar surface area (TPSA) is 62.3 Å². The fourth-order valence-electron chi connectivity index (χ4n) is 2.06. The van der Waals surface area contributed by atoms with Crippen LogP contribution in [0.3, 0.4) is 0 Å². The van der Waals surface area contributed by atoms with Gasteiger partial charge in [0.25, 0.3) is 10.0 Å². The van der Waals surface area contributed by atoms with E-state index >= 15 is 0 Å². The fourth-order valence-corrected chi connectivity index (χ4v) is 3.66. The summed E-state index contributed by atoms with van der Waals surface area (Å²) < 4.78 is 27.3. The SMILES string of the molecule is CCCCN(CCCC)S(=O)(=O)c1ncccc1NCC. The van der Waals surface area contributed by atoms with E-state index in [2.05, 4.69) is 24.1 Å². The molecule has 1 rings (SSSR count). The molecule has 21 heavy (non-hydrogen) atoms. The average molecular weight is 313 g/mol. The molecule has 0 spiro atoms. The predicted octanol–water partition coefficient (Wildman–Crippen LogP) is 3.10. The molecule has 0 aliphatic heterocycles. The number of pyridine rings is 1. The van der Waals surface area contributed by atoms with Crippen molar-refractivity contribution in [1.29, 1.82) is 0 Å². The zero-order valence-electron chi connectivity index (χ0n) is 13.3. The first-order valence-electron chi connectivity index (χ1n) is 7.76. The van der Waals surface area contributed by atoms with Gasteiger partial charge in [0.2, 0.25) is 0 Å². The predicted molar refractivity (Wildman–Crippen MR) is 87.0 cm³/mol. The molecular weight excluding hydrogens is 286 g/mol. The summed E-state index contributed by atoms with van der Waals surface area (Å²) >= 11 is 0. The summed E-state index contributed by atoms with van der Waals surface area (Å²) in [6.07, 6.45) is 5.21. The minimum absolute atomic E-state index is 0.138. The molecule has 0 aliphatic rings. The Hall–Kier alpha value is -1.14. The van der Waals surface area contributed by atoms with Gasteiger partial charge in [0, 0.05) is 25.8 Å². The molecule has 1 heterocycles. The molecule has 6 heteroatoms. The standard InChI is InChI=1S/C15H27N3O2S/c1-4-7-12-18(13-8-5-2)21(19,20)15-14(16-6-3)10-9-11-17-15/h9-11,16H,4-8,12-13H2,1-3H3. The lowest BCUT2D eigenvalue weighted by atomic mass is 10.3. The van der Waals surface area contributed by atoms with E-state index in [-0.39, 0.29) is 5.03 Å². The van der Waals surface area contributed by atoms with Crippen molar-refractivity contribution in [1.82, 2.24) is 9.29 Å². The van der Waals surface area contributed by atoms with Gasteiger partial charge in [0.05, 0.1) is 5.69 Å². The van der Waals surface area contributed by atoms with E-state index in [0.29, 0.717) is 25.3 Å². The lowest BCUT2D eigenvalue weighted by Gasteiger charge is -2.22. The monoisotopic (exact) mass is 313 g/mol. The van der Waals surface area contributed by atoms with E-state index in [1.165, 1.54) is 6.20 Å². The summed E-state index contributed by atoms with van der Waals surface area (Å²) in [6, 6.07) is 3.51. The Bertz CT molecular complexity index is 509. The van der Waals surface area contributed by atoms with Gasteiger partial charge in [-0.25, -0.2) is 13.4 Å². The summed E-state index contributed by atoms with van der Waals surface area (Å²) in [6.45, 7) is 7.85. The van der Waals surface area contributed by atoms with Gasteiger partial charge < -0.3 is 5.32 Å². The molecule has 0 radical (unpaired) electrons. The van der Waals surface area contributed by atoms with Crippen molar-refractivity contribution in [3.63, 3.8) is 0 Å². The van der Waals surface area contributed by atoms with Gasteiger partial charge in [-0.1, -0.05) is 26.7 Å². The first kappa shape index (κ1) is 17.9. The fraction of sp³-hybridized carbons (Fsp3) is 0.667. The minimum Gasteiger partial charge on any atom is -0.383 e. The zero-order valence-corrected chi connectivity index (χ0v) is 14.1. The third-order valence-corrected chi connectivity index (χ3v) is 5.10. The lowest BCUT2D eigenvalue weighted by molar-refractivity contribution is 0.394. The van der Waals surface area contributed by atoms with E-state index in [0.717, 1.165) is 25.7 Å².